The zero-order valence-corrected chi connectivity index (χ0v) is 13.1. The smallest absolute Gasteiger partial charge is 0.0120 e. The summed E-state index contributed by atoms with van der Waals surface area (Å²) >= 11 is 0. The fraction of sp³-hybridized carbons (Fsp3) is 1.00. The second kappa shape index (κ2) is 5.34. The first kappa shape index (κ1) is 13.8. The molecule has 0 bridgehead atoms. The van der Waals surface area contributed by atoms with Gasteiger partial charge in [0.15, 0.2) is 0 Å². The van der Waals surface area contributed by atoms with Gasteiger partial charge in [-0.1, -0.05) is 0 Å². The molecule has 3 heterocycles. The lowest BCUT2D eigenvalue weighted by molar-refractivity contribution is 0.128. The SMILES string of the molecule is CC(C)N1CCC2(CCN(C3CCN(C)CC3)C2)C1. The normalized spacial score (nSPS) is 36.0. The molecular formula is C16H31N3. The lowest BCUT2D eigenvalue weighted by Gasteiger charge is -2.36. The molecule has 1 unspecified atom stereocenters. The zero-order valence-electron chi connectivity index (χ0n) is 13.1. The van der Waals surface area contributed by atoms with E-state index in [-0.39, 0.29) is 0 Å². The monoisotopic (exact) mass is 265 g/mol. The number of piperidine rings is 1. The van der Waals surface area contributed by atoms with Crippen LogP contribution >= 0.6 is 0 Å². The number of hydrogen-bond donors (Lipinski definition) is 0. The highest BCUT2D eigenvalue weighted by Gasteiger charge is 2.45. The van der Waals surface area contributed by atoms with Crippen molar-refractivity contribution < 1.29 is 0 Å². The molecule has 3 aliphatic heterocycles. The Morgan fingerprint density at radius 2 is 1.63 bits per heavy atom. The van der Waals surface area contributed by atoms with Crippen molar-refractivity contribution in [1.82, 2.24) is 14.7 Å². The second-order valence-electron chi connectivity index (χ2n) is 7.57. The third-order valence-electron chi connectivity index (χ3n) is 5.87. The van der Waals surface area contributed by atoms with Crippen LogP contribution in [0.1, 0.15) is 39.5 Å². The first-order valence-electron chi connectivity index (χ1n) is 8.25. The third kappa shape index (κ3) is 2.84. The zero-order chi connectivity index (χ0) is 13.5. The molecule has 0 aromatic rings. The van der Waals surface area contributed by atoms with Gasteiger partial charge in [0.1, 0.15) is 0 Å². The van der Waals surface area contributed by atoms with Gasteiger partial charge in [-0.25, -0.2) is 0 Å². The van der Waals surface area contributed by atoms with E-state index in [4.69, 9.17) is 0 Å². The Kier molecular flexibility index (Phi) is 3.89. The molecular weight excluding hydrogens is 234 g/mol. The summed E-state index contributed by atoms with van der Waals surface area (Å²) in [5, 5.41) is 0. The van der Waals surface area contributed by atoms with Crippen LogP contribution in [0.5, 0.6) is 0 Å². The largest absolute Gasteiger partial charge is 0.306 e. The van der Waals surface area contributed by atoms with E-state index in [1.165, 1.54) is 65.0 Å². The van der Waals surface area contributed by atoms with Crippen molar-refractivity contribution >= 4 is 0 Å². The van der Waals surface area contributed by atoms with Crippen molar-refractivity contribution in [3.05, 3.63) is 0 Å². The molecule has 0 aliphatic carbocycles. The van der Waals surface area contributed by atoms with E-state index in [2.05, 4.69) is 35.6 Å². The van der Waals surface area contributed by atoms with E-state index < -0.39 is 0 Å². The Morgan fingerprint density at radius 3 is 2.26 bits per heavy atom. The summed E-state index contributed by atoms with van der Waals surface area (Å²) in [6, 6.07) is 1.61. The van der Waals surface area contributed by atoms with Gasteiger partial charge in [-0.05, 0) is 78.2 Å². The van der Waals surface area contributed by atoms with Crippen LogP contribution in [-0.2, 0) is 0 Å². The summed E-state index contributed by atoms with van der Waals surface area (Å²) in [7, 11) is 2.26. The molecule has 0 N–H and O–H groups in total. The Balaban J connectivity index is 1.56. The molecule has 110 valence electrons. The molecule has 0 amide bonds. The van der Waals surface area contributed by atoms with E-state index >= 15 is 0 Å². The van der Waals surface area contributed by atoms with Gasteiger partial charge in [0.25, 0.3) is 0 Å². The van der Waals surface area contributed by atoms with Gasteiger partial charge >= 0.3 is 0 Å². The quantitative estimate of drug-likeness (QED) is 0.755. The fourth-order valence-corrected chi connectivity index (χ4v) is 4.39. The molecule has 3 nitrogen and oxygen atoms in total. The third-order valence-corrected chi connectivity index (χ3v) is 5.87. The summed E-state index contributed by atoms with van der Waals surface area (Å²) in [4.78, 5) is 8.01. The molecule has 3 rings (SSSR count). The van der Waals surface area contributed by atoms with E-state index in [0.29, 0.717) is 5.41 Å². The Labute approximate surface area is 118 Å². The Hall–Kier alpha value is -0.120. The second-order valence-corrected chi connectivity index (χ2v) is 7.57. The highest BCUT2D eigenvalue weighted by molar-refractivity contribution is 4.99. The Morgan fingerprint density at radius 1 is 0.947 bits per heavy atom. The Bertz CT molecular complexity index is 309. The van der Waals surface area contributed by atoms with E-state index in [1.54, 1.807) is 0 Å². The average Bonchev–Trinajstić information content (AvgIpc) is 2.99. The average molecular weight is 265 g/mol. The van der Waals surface area contributed by atoms with Crippen molar-refractivity contribution in [3.8, 4) is 0 Å². The lowest BCUT2D eigenvalue weighted by atomic mass is 9.86. The molecule has 1 atom stereocenters. The van der Waals surface area contributed by atoms with Gasteiger partial charge in [0, 0.05) is 25.2 Å². The van der Waals surface area contributed by atoms with Gasteiger partial charge in [0.2, 0.25) is 0 Å². The first-order valence-corrected chi connectivity index (χ1v) is 8.25. The minimum atomic E-state index is 0.646. The van der Waals surface area contributed by atoms with Crippen LogP contribution in [0.4, 0.5) is 0 Å². The minimum absolute atomic E-state index is 0.646. The van der Waals surface area contributed by atoms with Crippen molar-refractivity contribution in [3.63, 3.8) is 0 Å². The highest BCUT2D eigenvalue weighted by atomic mass is 15.3. The topological polar surface area (TPSA) is 9.72 Å². The van der Waals surface area contributed by atoms with Crippen LogP contribution in [0.3, 0.4) is 0 Å². The summed E-state index contributed by atoms with van der Waals surface area (Å²) in [6.45, 7) is 12.7. The number of rotatable bonds is 2. The maximum atomic E-state index is 2.83. The van der Waals surface area contributed by atoms with E-state index in [9.17, 15) is 0 Å². The lowest BCUT2D eigenvalue weighted by Crippen LogP contribution is -2.43. The molecule has 3 heteroatoms. The predicted molar refractivity (Wildman–Crippen MR) is 80.5 cm³/mol. The number of hydrogen-bond acceptors (Lipinski definition) is 3. The molecule has 3 fully saturated rings. The van der Waals surface area contributed by atoms with Crippen LogP contribution in [0.15, 0.2) is 0 Å². The predicted octanol–water partition coefficient (Wildman–Crippen LogP) is 1.89. The van der Waals surface area contributed by atoms with Crippen molar-refractivity contribution in [2.75, 3.05) is 46.3 Å². The minimum Gasteiger partial charge on any atom is -0.306 e. The molecule has 0 aromatic carbocycles. The molecule has 3 aliphatic rings. The van der Waals surface area contributed by atoms with Gasteiger partial charge in [0.05, 0.1) is 0 Å². The highest BCUT2D eigenvalue weighted by Crippen LogP contribution is 2.41. The van der Waals surface area contributed by atoms with Gasteiger partial charge in [-0.3, -0.25) is 4.90 Å². The number of nitrogens with zero attached hydrogens (tertiary/aromatic N) is 3. The van der Waals surface area contributed by atoms with Crippen molar-refractivity contribution in [2.24, 2.45) is 5.41 Å². The summed E-state index contributed by atoms with van der Waals surface area (Å²) in [5.41, 5.74) is 0.646. The molecule has 3 saturated heterocycles. The molecule has 0 radical (unpaired) electrons. The van der Waals surface area contributed by atoms with E-state index in [1.807, 2.05) is 0 Å². The molecule has 19 heavy (non-hydrogen) atoms. The molecule has 1 spiro atoms. The van der Waals surface area contributed by atoms with Crippen LogP contribution in [0.2, 0.25) is 0 Å². The van der Waals surface area contributed by atoms with Crippen LogP contribution in [0, 0.1) is 5.41 Å². The maximum absolute atomic E-state index is 2.83. The number of likely N-dealkylation sites (tertiary alicyclic amines) is 3. The molecule has 0 saturated carbocycles. The van der Waals surface area contributed by atoms with Crippen LogP contribution in [0.25, 0.3) is 0 Å². The van der Waals surface area contributed by atoms with E-state index in [0.717, 1.165) is 12.1 Å². The van der Waals surface area contributed by atoms with Gasteiger partial charge in [-0.2, -0.15) is 0 Å². The first-order chi connectivity index (χ1) is 9.08. The van der Waals surface area contributed by atoms with Gasteiger partial charge in [-0.15, -0.1) is 0 Å². The van der Waals surface area contributed by atoms with Crippen molar-refractivity contribution in [1.29, 1.82) is 0 Å². The van der Waals surface area contributed by atoms with Gasteiger partial charge < -0.3 is 9.80 Å². The standard InChI is InChI=1S/C16H31N3/c1-14(2)18-10-6-16(12-18)7-11-19(13-16)15-4-8-17(3)9-5-15/h14-15H,4-13H2,1-3H3. The fourth-order valence-electron chi connectivity index (χ4n) is 4.39. The van der Waals surface area contributed by atoms with Crippen LogP contribution < -0.4 is 0 Å². The summed E-state index contributed by atoms with van der Waals surface area (Å²) in [6.07, 6.45) is 5.66. The van der Waals surface area contributed by atoms with Crippen LogP contribution in [-0.4, -0.2) is 73.1 Å². The van der Waals surface area contributed by atoms with Crippen molar-refractivity contribution in [2.45, 2.75) is 51.6 Å². The summed E-state index contributed by atoms with van der Waals surface area (Å²) < 4.78 is 0. The molecule has 0 aromatic heterocycles. The maximum Gasteiger partial charge on any atom is 0.0120 e. The summed E-state index contributed by atoms with van der Waals surface area (Å²) in [5.74, 6) is 0.